The van der Waals surface area contributed by atoms with Gasteiger partial charge in [-0.2, -0.15) is 4.31 Å². The molecule has 0 aliphatic carbocycles. The smallest absolute Gasteiger partial charge is 0.252 e. The van der Waals surface area contributed by atoms with Gasteiger partial charge in [-0.1, -0.05) is 17.7 Å². The number of aromatic nitrogens is 1. The minimum Gasteiger partial charge on any atom is -0.376 e. The van der Waals surface area contributed by atoms with Crippen molar-refractivity contribution in [3.8, 4) is 0 Å². The summed E-state index contributed by atoms with van der Waals surface area (Å²) in [5.74, 6) is 0. The van der Waals surface area contributed by atoms with Crippen molar-refractivity contribution in [2.75, 3.05) is 26.4 Å². The summed E-state index contributed by atoms with van der Waals surface area (Å²) in [5.41, 5.74) is 5.38. The van der Waals surface area contributed by atoms with Crippen LogP contribution in [0.1, 0.15) is 33.4 Å². The number of hydrogen-bond acceptors (Lipinski definition) is 5. The van der Waals surface area contributed by atoms with E-state index in [4.69, 9.17) is 9.47 Å². The quantitative estimate of drug-likeness (QED) is 0.577. The molecule has 0 spiro atoms. The highest BCUT2D eigenvalue weighted by atomic mass is 32.2. The molecule has 1 fully saturated rings. The Bertz CT molecular complexity index is 1370. The van der Waals surface area contributed by atoms with E-state index in [1.165, 1.54) is 4.31 Å². The lowest BCUT2D eigenvalue weighted by molar-refractivity contribution is -0.0923. The average molecular weight is 485 g/mol. The third-order valence-electron chi connectivity index (χ3n) is 6.38. The van der Waals surface area contributed by atoms with Gasteiger partial charge in [0.25, 0.3) is 5.56 Å². The third kappa shape index (κ3) is 4.95. The van der Waals surface area contributed by atoms with Gasteiger partial charge in [0, 0.05) is 24.2 Å². The van der Waals surface area contributed by atoms with Gasteiger partial charge in [-0.3, -0.25) is 4.79 Å². The summed E-state index contributed by atoms with van der Waals surface area (Å²) in [4.78, 5) is 16.2. The van der Waals surface area contributed by atoms with E-state index in [0.29, 0.717) is 36.5 Å². The third-order valence-corrected chi connectivity index (χ3v) is 8.49. The number of aromatic amines is 1. The zero-order valence-electron chi connectivity index (χ0n) is 20.4. The molecule has 1 aliphatic rings. The number of nitrogens with one attached hydrogen (secondary N) is 1. The van der Waals surface area contributed by atoms with E-state index in [-0.39, 0.29) is 23.5 Å². The number of sulfonamides is 1. The van der Waals surface area contributed by atoms with Crippen LogP contribution in [-0.2, 0) is 26.0 Å². The Balaban J connectivity index is 1.79. The first-order valence-corrected chi connectivity index (χ1v) is 12.9. The van der Waals surface area contributed by atoms with E-state index < -0.39 is 16.1 Å². The number of hydrogen-bond donors (Lipinski definition) is 1. The minimum absolute atomic E-state index is 0.0624. The van der Waals surface area contributed by atoms with Gasteiger partial charge in [0.05, 0.1) is 30.8 Å². The average Bonchev–Trinajstić information content (AvgIpc) is 2.75. The summed E-state index contributed by atoms with van der Waals surface area (Å²) in [7, 11) is -3.92. The molecule has 0 radical (unpaired) electrons. The number of fused-ring (bicyclic) bond motifs is 1. The second-order valence-electron chi connectivity index (χ2n) is 9.24. The van der Waals surface area contributed by atoms with Crippen molar-refractivity contribution in [2.45, 2.75) is 52.2 Å². The molecule has 0 amide bonds. The zero-order chi connectivity index (χ0) is 24.6. The summed E-state index contributed by atoms with van der Waals surface area (Å²) < 4.78 is 40.5. The molecular weight excluding hydrogens is 452 g/mol. The summed E-state index contributed by atoms with van der Waals surface area (Å²) >= 11 is 0. The highest BCUT2D eigenvalue weighted by Crippen LogP contribution is 2.27. The number of ether oxygens (including phenoxy) is 2. The summed E-state index contributed by atoms with van der Waals surface area (Å²) in [6.45, 7) is 10.8. The lowest BCUT2D eigenvalue weighted by Crippen LogP contribution is -2.43. The normalized spacial score (nSPS) is 16.9. The van der Waals surface area contributed by atoms with E-state index in [2.05, 4.69) is 4.98 Å². The molecule has 4 rings (SSSR count). The van der Waals surface area contributed by atoms with Gasteiger partial charge < -0.3 is 14.5 Å². The second kappa shape index (κ2) is 9.62. The topological polar surface area (TPSA) is 88.7 Å². The Kier molecular flexibility index (Phi) is 6.96. The molecule has 1 saturated heterocycles. The largest absolute Gasteiger partial charge is 0.376 e. The van der Waals surface area contributed by atoms with E-state index in [0.717, 1.165) is 27.6 Å². The first kappa shape index (κ1) is 24.6. The van der Waals surface area contributed by atoms with Crippen molar-refractivity contribution in [3.63, 3.8) is 0 Å². The molecule has 8 heteroatoms. The van der Waals surface area contributed by atoms with Crippen LogP contribution in [0.4, 0.5) is 0 Å². The molecule has 1 N–H and O–H groups in total. The van der Waals surface area contributed by atoms with E-state index >= 15 is 0 Å². The molecule has 7 nitrogen and oxygen atoms in total. The van der Waals surface area contributed by atoms with Gasteiger partial charge >= 0.3 is 0 Å². The standard InChI is InChI=1S/C26H32N2O5S/c1-16-8-19(4)25(20(5)9-16)34(30,31)28(14-23-15-32-6-7-33-23)13-22-12-21-10-17(2)18(3)11-24(21)27-26(22)29/h8-12,23H,6-7,13-15H2,1-5H3,(H,27,29)/t23-/m0/s1. The van der Waals surface area contributed by atoms with Gasteiger partial charge in [0.1, 0.15) is 0 Å². The molecule has 34 heavy (non-hydrogen) atoms. The predicted octanol–water partition coefficient (Wildman–Crippen LogP) is 3.68. The highest BCUT2D eigenvalue weighted by Gasteiger charge is 2.32. The lowest BCUT2D eigenvalue weighted by Gasteiger charge is -2.30. The van der Waals surface area contributed by atoms with Crippen LogP contribution in [0, 0.1) is 34.6 Å². The number of H-pyrrole nitrogens is 1. The fourth-order valence-electron chi connectivity index (χ4n) is 4.65. The van der Waals surface area contributed by atoms with Crippen molar-refractivity contribution >= 4 is 20.9 Å². The van der Waals surface area contributed by atoms with Crippen molar-refractivity contribution in [2.24, 2.45) is 0 Å². The maximum absolute atomic E-state index is 14.0. The molecule has 3 aromatic rings. The van der Waals surface area contributed by atoms with Crippen LogP contribution in [-0.4, -0.2) is 50.2 Å². The maximum Gasteiger partial charge on any atom is 0.252 e. The molecule has 1 aromatic heterocycles. The van der Waals surface area contributed by atoms with Crippen LogP contribution in [0.15, 0.2) is 40.0 Å². The number of aryl methyl sites for hydroxylation is 5. The van der Waals surface area contributed by atoms with Gasteiger partial charge in [-0.05, 0) is 80.5 Å². The van der Waals surface area contributed by atoms with E-state index in [1.807, 2.05) is 45.0 Å². The molecule has 1 aliphatic heterocycles. The highest BCUT2D eigenvalue weighted by molar-refractivity contribution is 7.89. The van der Waals surface area contributed by atoms with Gasteiger partial charge in [0.15, 0.2) is 0 Å². The Morgan fingerprint density at radius 1 is 0.941 bits per heavy atom. The van der Waals surface area contributed by atoms with Crippen molar-refractivity contribution in [1.82, 2.24) is 9.29 Å². The van der Waals surface area contributed by atoms with Crippen LogP contribution in [0.25, 0.3) is 10.9 Å². The van der Waals surface area contributed by atoms with E-state index in [9.17, 15) is 13.2 Å². The van der Waals surface area contributed by atoms with Crippen molar-refractivity contribution in [1.29, 1.82) is 0 Å². The molecule has 2 aromatic carbocycles. The van der Waals surface area contributed by atoms with Gasteiger partial charge in [-0.25, -0.2) is 8.42 Å². The Morgan fingerprint density at radius 2 is 1.62 bits per heavy atom. The Hall–Kier alpha value is -2.52. The van der Waals surface area contributed by atoms with Gasteiger partial charge in [-0.15, -0.1) is 0 Å². The fraction of sp³-hybridized carbons (Fsp3) is 0.423. The predicted molar refractivity (Wildman–Crippen MR) is 133 cm³/mol. The number of rotatable bonds is 6. The number of nitrogens with zero attached hydrogens (tertiary/aromatic N) is 1. The first-order chi connectivity index (χ1) is 16.1. The maximum atomic E-state index is 14.0. The summed E-state index contributed by atoms with van der Waals surface area (Å²) in [6.07, 6.45) is -0.404. The molecule has 0 unspecified atom stereocenters. The minimum atomic E-state index is -3.92. The number of pyridine rings is 1. The van der Waals surface area contributed by atoms with Crippen LogP contribution in [0.5, 0.6) is 0 Å². The monoisotopic (exact) mass is 484 g/mol. The second-order valence-corrected chi connectivity index (χ2v) is 11.1. The molecule has 0 saturated carbocycles. The summed E-state index contributed by atoms with van der Waals surface area (Å²) in [5, 5.41) is 0.870. The molecular formula is C26H32N2O5S. The van der Waals surface area contributed by atoms with Crippen molar-refractivity contribution < 1.29 is 17.9 Å². The van der Waals surface area contributed by atoms with Crippen LogP contribution >= 0.6 is 0 Å². The molecule has 182 valence electrons. The summed E-state index contributed by atoms with van der Waals surface area (Å²) in [6, 6.07) is 9.47. The van der Waals surface area contributed by atoms with Crippen molar-refractivity contribution in [3.05, 3.63) is 74.1 Å². The molecule has 0 bridgehead atoms. The van der Waals surface area contributed by atoms with Crippen LogP contribution in [0.3, 0.4) is 0 Å². The molecule has 1 atom stereocenters. The molecule has 2 heterocycles. The lowest BCUT2D eigenvalue weighted by atomic mass is 10.0. The first-order valence-electron chi connectivity index (χ1n) is 11.5. The van der Waals surface area contributed by atoms with Crippen LogP contribution < -0.4 is 5.56 Å². The Labute approximate surface area is 200 Å². The number of benzene rings is 2. The Morgan fingerprint density at radius 3 is 2.26 bits per heavy atom. The fourth-order valence-corrected chi connectivity index (χ4v) is 6.51. The van der Waals surface area contributed by atoms with Gasteiger partial charge in [0.2, 0.25) is 10.0 Å². The zero-order valence-corrected chi connectivity index (χ0v) is 21.2. The SMILES string of the molecule is Cc1cc(C)c(S(=O)(=O)N(Cc2cc3cc(C)c(C)cc3[nH]c2=O)C[C@H]2COCCO2)c(C)c1. The van der Waals surface area contributed by atoms with Crippen LogP contribution in [0.2, 0.25) is 0 Å². The van der Waals surface area contributed by atoms with E-state index in [1.54, 1.807) is 19.9 Å².